The largest absolute Gasteiger partial charge is 0.459 e. The number of hydrogen-bond donors (Lipinski definition) is 1. The van der Waals surface area contributed by atoms with Gasteiger partial charge in [0.1, 0.15) is 0 Å². The van der Waals surface area contributed by atoms with Crippen LogP contribution in [0.15, 0.2) is 51.5 Å². The summed E-state index contributed by atoms with van der Waals surface area (Å²) in [4.78, 5) is 14.3. The highest BCUT2D eigenvalue weighted by molar-refractivity contribution is 5.89. The first-order chi connectivity index (χ1) is 12.7. The Balaban J connectivity index is 1.34. The number of carbonyl (C=O) groups is 1. The zero-order chi connectivity index (χ0) is 17.9. The fraction of sp³-hybridized carbons (Fsp3) is 0.316. The standard InChI is InChI=1S/C19H20N4O3/c1-13-4-2-5-15(12-13)20-19(24)23-9-7-14(8-10-23)17-21-22-18(26-17)16-6-3-11-25-16/h2-6,11-12,14H,7-10H2,1H3,(H,20,24). The van der Waals surface area contributed by atoms with Crippen LogP contribution in [0.3, 0.4) is 0 Å². The van der Waals surface area contributed by atoms with Gasteiger partial charge in [0.15, 0.2) is 5.76 Å². The van der Waals surface area contributed by atoms with E-state index < -0.39 is 0 Å². The van der Waals surface area contributed by atoms with Crippen molar-refractivity contribution in [2.75, 3.05) is 18.4 Å². The molecule has 1 saturated heterocycles. The Bertz CT molecular complexity index is 880. The number of carbonyl (C=O) groups excluding carboxylic acids is 1. The molecule has 2 amide bonds. The molecule has 0 radical (unpaired) electrons. The van der Waals surface area contributed by atoms with Gasteiger partial charge in [-0.15, -0.1) is 10.2 Å². The fourth-order valence-corrected chi connectivity index (χ4v) is 3.15. The summed E-state index contributed by atoms with van der Waals surface area (Å²) in [7, 11) is 0. The van der Waals surface area contributed by atoms with Gasteiger partial charge in [-0.25, -0.2) is 4.79 Å². The van der Waals surface area contributed by atoms with Crippen molar-refractivity contribution in [2.45, 2.75) is 25.7 Å². The summed E-state index contributed by atoms with van der Waals surface area (Å²) >= 11 is 0. The van der Waals surface area contributed by atoms with Crippen molar-refractivity contribution in [3.63, 3.8) is 0 Å². The molecule has 0 unspecified atom stereocenters. The number of piperidine rings is 1. The number of benzene rings is 1. The zero-order valence-corrected chi connectivity index (χ0v) is 14.5. The minimum Gasteiger partial charge on any atom is -0.459 e. The van der Waals surface area contributed by atoms with Crippen molar-refractivity contribution in [1.82, 2.24) is 15.1 Å². The Kier molecular flexibility index (Phi) is 4.43. The summed E-state index contributed by atoms with van der Waals surface area (Å²) in [6.45, 7) is 3.31. The molecule has 0 saturated carbocycles. The second-order valence-electron chi connectivity index (χ2n) is 6.48. The Morgan fingerprint density at radius 1 is 1.19 bits per heavy atom. The van der Waals surface area contributed by atoms with Gasteiger partial charge in [0.25, 0.3) is 5.89 Å². The van der Waals surface area contributed by atoms with E-state index in [0.29, 0.717) is 30.6 Å². The summed E-state index contributed by atoms with van der Waals surface area (Å²) in [5.74, 6) is 1.73. The molecule has 0 atom stereocenters. The molecule has 7 heteroatoms. The summed E-state index contributed by atoms with van der Waals surface area (Å²) < 4.78 is 11.0. The number of likely N-dealkylation sites (tertiary alicyclic amines) is 1. The molecule has 1 aliphatic rings. The number of anilines is 1. The molecule has 7 nitrogen and oxygen atoms in total. The van der Waals surface area contributed by atoms with Crippen molar-refractivity contribution in [3.8, 4) is 11.7 Å². The Labute approximate surface area is 151 Å². The van der Waals surface area contributed by atoms with E-state index in [0.717, 1.165) is 24.1 Å². The topological polar surface area (TPSA) is 84.4 Å². The molecule has 4 rings (SSSR count). The summed E-state index contributed by atoms with van der Waals surface area (Å²) in [5.41, 5.74) is 1.93. The predicted octanol–water partition coefficient (Wildman–Crippen LogP) is 4.05. The normalized spacial score (nSPS) is 15.2. The number of furan rings is 1. The number of aromatic nitrogens is 2. The molecule has 1 aromatic carbocycles. The maximum absolute atomic E-state index is 12.4. The highest BCUT2D eigenvalue weighted by atomic mass is 16.4. The van der Waals surface area contributed by atoms with E-state index in [1.54, 1.807) is 18.4 Å². The van der Waals surface area contributed by atoms with Crippen LogP contribution in [-0.4, -0.2) is 34.2 Å². The van der Waals surface area contributed by atoms with Crippen molar-refractivity contribution < 1.29 is 13.6 Å². The third-order valence-electron chi connectivity index (χ3n) is 4.57. The van der Waals surface area contributed by atoms with Gasteiger partial charge in [0, 0.05) is 24.7 Å². The fourth-order valence-electron chi connectivity index (χ4n) is 3.15. The summed E-state index contributed by atoms with van der Waals surface area (Å²) in [6, 6.07) is 11.3. The maximum atomic E-state index is 12.4. The summed E-state index contributed by atoms with van der Waals surface area (Å²) in [5, 5.41) is 11.1. The highest BCUT2D eigenvalue weighted by Gasteiger charge is 2.27. The number of nitrogens with one attached hydrogen (secondary N) is 1. The van der Waals surface area contributed by atoms with Crippen molar-refractivity contribution in [3.05, 3.63) is 54.1 Å². The van der Waals surface area contributed by atoms with Gasteiger partial charge < -0.3 is 19.1 Å². The minimum absolute atomic E-state index is 0.0733. The third kappa shape index (κ3) is 3.46. The number of urea groups is 1. The van der Waals surface area contributed by atoms with E-state index in [1.807, 2.05) is 36.1 Å². The lowest BCUT2D eigenvalue weighted by Gasteiger charge is -2.30. The molecule has 1 aliphatic heterocycles. The van der Waals surface area contributed by atoms with E-state index in [1.165, 1.54) is 0 Å². The second kappa shape index (κ2) is 7.03. The first kappa shape index (κ1) is 16.4. The molecule has 0 bridgehead atoms. The quantitative estimate of drug-likeness (QED) is 0.769. The van der Waals surface area contributed by atoms with Crippen LogP contribution in [0.25, 0.3) is 11.7 Å². The van der Waals surface area contributed by atoms with Gasteiger partial charge in [-0.2, -0.15) is 0 Å². The lowest BCUT2D eigenvalue weighted by molar-refractivity contribution is 0.190. The average Bonchev–Trinajstić information content (AvgIpc) is 3.33. The van der Waals surface area contributed by atoms with Crippen molar-refractivity contribution >= 4 is 11.7 Å². The lowest BCUT2D eigenvalue weighted by Crippen LogP contribution is -2.40. The third-order valence-corrected chi connectivity index (χ3v) is 4.57. The molecule has 2 aromatic heterocycles. The molecule has 3 aromatic rings. The van der Waals surface area contributed by atoms with E-state index in [4.69, 9.17) is 8.83 Å². The molecule has 1 N–H and O–H groups in total. The van der Waals surface area contributed by atoms with Crippen molar-refractivity contribution in [2.24, 2.45) is 0 Å². The van der Waals surface area contributed by atoms with Gasteiger partial charge >= 0.3 is 6.03 Å². The number of amides is 2. The molecule has 0 aliphatic carbocycles. The minimum atomic E-state index is -0.0733. The average molecular weight is 352 g/mol. The molecule has 0 spiro atoms. The molecule has 26 heavy (non-hydrogen) atoms. The first-order valence-electron chi connectivity index (χ1n) is 8.69. The second-order valence-corrected chi connectivity index (χ2v) is 6.48. The van der Waals surface area contributed by atoms with Gasteiger partial charge in [-0.05, 0) is 49.6 Å². The van der Waals surface area contributed by atoms with Gasteiger partial charge in [-0.3, -0.25) is 0 Å². The van der Waals surface area contributed by atoms with Gasteiger partial charge in [0.2, 0.25) is 5.89 Å². The molecule has 134 valence electrons. The highest BCUT2D eigenvalue weighted by Crippen LogP contribution is 2.29. The monoisotopic (exact) mass is 352 g/mol. The summed E-state index contributed by atoms with van der Waals surface area (Å²) in [6.07, 6.45) is 3.16. The SMILES string of the molecule is Cc1cccc(NC(=O)N2CCC(c3nnc(-c4ccco4)o3)CC2)c1. The van der Waals surface area contributed by atoms with E-state index in [-0.39, 0.29) is 11.9 Å². The smallest absolute Gasteiger partial charge is 0.321 e. The number of rotatable bonds is 3. The molecule has 3 heterocycles. The molecular weight excluding hydrogens is 332 g/mol. The predicted molar refractivity (Wildman–Crippen MR) is 95.7 cm³/mol. The van der Waals surface area contributed by atoms with Gasteiger partial charge in [-0.1, -0.05) is 12.1 Å². The van der Waals surface area contributed by atoms with Crippen LogP contribution in [-0.2, 0) is 0 Å². The number of hydrogen-bond acceptors (Lipinski definition) is 5. The Hall–Kier alpha value is -3.09. The van der Waals surface area contributed by atoms with E-state index in [2.05, 4.69) is 15.5 Å². The Morgan fingerprint density at radius 2 is 2.04 bits per heavy atom. The number of nitrogens with zero attached hydrogens (tertiary/aromatic N) is 3. The van der Waals surface area contributed by atoms with Crippen LogP contribution in [0.1, 0.15) is 30.2 Å². The molecule has 1 fully saturated rings. The van der Waals surface area contributed by atoms with E-state index in [9.17, 15) is 4.79 Å². The van der Waals surface area contributed by atoms with E-state index >= 15 is 0 Å². The van der Waals surface area contributed by atoms with Crippen molar-refractivity contribution in [1.29, 1.82) is 0 Å². The van der Waals surface area contributed by atoms with Gasteiger partial charge in [0.05, 0.1) is 6.26 Å². The lowest BCUT2D eigenvalue weighted by atomic mass is 9.97. The number of aryl methyl sites for hydroxylation is 1. The van der Waals surface area contributed by atoms with Crippen LogP contribution in [0.4, 0.5) is 10.5 Å². The first-order valence-corrected chi connectivity index (χ1v) is 8.69. The van der Waals surface area contributed by atoms with Crippen LogP contribution < -0.4 is 5.32 Å². The van der Waals surface area contributed by atoms with Crippen LogP contribution in [0.2, 0.25) is 0 Å². The Morgan fingerprint density at radius 3 is 2.77 bits per heavy atom. The molecular formula is C19H20N4O3. The zero-order valence-electron chi connectivity index (χ0n) is 14.5. The van der Waals surface area contributed by atoms with Crippen LogP contribution in [0, 0.1) is 6.92 Å². The maximum Gasteiger partial charge on any atom is 0.321 e. The van der Waals surface area contributed by atoms with Crippen LogP contribution >= 0.6 is 0 Å². The van der Waals surface area contributed by atoms with Crippen LogP contribution in [0.5, 0.6) is 0 Å².